The van der Waals surface area contributed by atoms with Gasteiger partial charge in [0.1, 0.15) is 16.9 Å². The predicted octanol–water partition coefficient (Wildman–Crippen LogP) is 3.05. The summed E-state index contributed by atoms with van der Waals surface area (Å²) in [5.41, 5.74) is 7.36. The molecule has 0 aliphatic rings. The maximum absolute atomic E-state index is 6.08. The van der Waals surface area contributed by atoms with E-state index in [1.54, 1.807) is 0 Å². The van der Waals surface area contributed by atoms with Gasteiger partial charge >= 0.3 is 0 Å². The first-order chi connectivity index (χ1) is 8.58. The zero-order chi connectivity index (χ0) is 13.2. The van der Waals surface area contributed by atoms with Crippen molar-refractivity contribution in [2.24, 2.45) is 5.73 Å². The Morgan fingerprint density at radius 2 is 2.06 bits per heavy atom. The molecule has 1 atom stereocenters. The molecule has 96 valence electrons. The summed E-state index contributed by atoms with van der Waals surface area (Å²) in [6, 6.07) is 10.1. The molecule has 1 aromatic carbocycles. The minimum atomic E-state index is -0.334. The third-order valence-electron chi connectivity index (χ3n) is 3.36. The molecular weight excluding hydrogens is 224 g/mol. The van der Waals surface area contributed by atoms with Crippen molar-refractivity contribution in [2.75, 3.05) is 6.54 Å². The molecule has 18 heavy (non-hydrogen) atoms. The van der Waals surface area contributed by atoms with Crippen molar-refractivity contribution in [3.05, 3.63) is 36.0 Å². The summed E-state index contributed by atoms with van der Waals surface area (Å²) in [6.45, 7) is 6.59. The average molecular weight is 244 g/mol. The van der Waals surface area contributed by atoms with Gasteiger partial charge in [-0.1, -0.05) is 25.1 Å². The van der Waals surface area contributed by atoms with Gasteiger partial charge in [0.15, 0.2) is 0 Å². The molecule has 2 aromatic rings. The Kier molecular flexibility index (Phi) is 3.53. The SMILES string of the molecule is CCC(C)(CN)Oc1cccc2ccc(C)nc12. The molecule has 0 amide bonds. The highest BCUT2D eigenvalue weighted by molar-refractivity contribution is 5.84. The normalized spacial score (nSPS) is 14.4. The molecule has 0 radical (unpaired) electrons. The fourth-order valence-corrected chi connectivity index (χ4v) is 1.82. The van der Waals surface area contributed by atoms with Crippen molar-refractivity contribution < 1.29 is 4.74 Å². The maximum atomic E-state index is 6.08. The molecule has 1 heterocycles. The Morgan fingerprint density at radius 3 is 2.72 bits per heavy atom. The van der Waals surface area contributed by atoms with Crippen LogP contribution in [0.15, 0.2) is 30.3 Å². The lowest BCUT2D eigenvalue weighted by molar-refractivity contribution is 0.0952. The van der Waals surface area contributed by atoms with E-state index in [-0.39, 0.29) is 5.60 Å². The van der Waals surface area contributed by atoms with Crippen LogP contribution in [0.3, 0.4) is 0 Å². The first-order valence-corrected chi connectivity index (χ1v) is 6.33. The molecule has 0 spiro atoms. The van der Waals surface area contributed by atoms with Crippen molar-refractivity contribution in [3.8, 4) is 5.75 Å². The van der Waals surface area contributed by atoms with Crippen LogP contribution in [-0.4, -0.2) is 17.1 Å². The summed E-state index contributed by atoms with van der Waals surface area (Å²) in [5.74, 6) is 0.811. The van der Waals surface area contributed by atoms with Gasteiger partial charge in [0.2, 0.25) is 0 Å². The van der Waals surface area contributed by atoms with Crippen LogP contribution < -0.4 is 10.5 Å². The monoisotopic (exact) mass is 244 g/mol. The van der Waals surface area contributed by atoms with E-state index < -0.39 is 0 Å². The van der Waals surface area contributed by atoms with Crippen LogP contribution in [0.4, 0.5) is 0 Å². The van der Waals surface area contributed by atoms with Gasteiger partial charge in [-0.3, -0.25) is 0 Å². The van der Waals surface area contributed by atoms with E-state index in [1.165, 1.54) is 0 Å². The molecule has 0 saturated heterocycles. The molecular formula is C15H20N2O. The molecule has 0 aliphatic heterocycles. The lowest BCUT2D eigenvalue weighted by atomic mass is 10.0. The second-order valence-corrected chi connectivity index (χ2v) is 4.89. The van der Waals surface area contributed by atoms with Gasteiger partial charge in [0.05, 0.1) is 0 Å². The Labute approximate surface area is 108 Å². The highest BCUT2D eigenvalue weighted by Crippen LogP contribution is 2.28. The molecule has 0 fully saturated rings. The van der Waals surface area contributed by atoms with Crippen molar-refractivity contribution in [1.82, 2.24) is 4.98 Å². The number of fused-ring (bicyclic) bond motifs is 1. The number of aromatic nitrogens is 1. The Bertz CT molecular complexity index is 547. The van der Waals surface area contributed by atoms with Crippen LogP contribution in [0.5, 0.6) is 5.75 Å². The molecule has 0 bridgehead atoms. The number of hydrogen-bond donors (Lipinski definition) is 1. The molecule has 3 nitrogen and oxygen atoms in total. The van der Waals surface area contributed by atoms with Crippen LogP contribution in [0, 0.1) is 6.92 Å². The van der Waals surface area contributed by atoms with Gasteiger partial charge in [-0.05, 0) is 32.4 Å². The van der Waals surface area contributed by atoms with E-state index in [0.29, 0.717) is 6.54 Å². The number of benzene rings is 1. The van der Waals surface area contributed by atoms with Crippen LogP contribution in [0.25, 0.3) is 10.9 Å². The van der Waals surface area contributed by atoms with Crippen LogP contribution >= 0.6 is 0 Å². The molecule has 2 N–H and O–H groups in total. The van der Waals surface area contributed by atoms with Gasteiger partial charge in [-0.2, -0.15) is 0 Å². The van der Waals surface area contributed by atoms with Crippen molar-refractivity contribution >= 4 is 10.9 Å². The van der Waals surface area contributed by atoms with Gasteiger partial charge in [-0.15, -0.1) is 0 Å². The number of nitrogens with zero attached hydrogens (tertiary/aromatic N) is 1. The summed E-state index contributed by atoms with van der Waals surface area (Å²) in [7, 11) is 0. The van der Waals surface area contributed by atoms with E-state index in [9.17, 15) is 0 Å². The average Bonchev–Trinajstić information content (AvgIpc) is 2.39. The van der Waals surface area contributed by atoms with E-state index in [2.05, 4.69) is 18.0 Å². The zero-order valence-corrected chi connectivity index (χ0v) is 11.2. The van der Waals surface area contributed by atoms with Crippen molar-refractivity contribution in [3.63, 3.8) is 0 Å². The zero-order valence-electron chi connectivity index (χ0n) is 11.2. The third kappa shape index (κ3) is 2.46. The summed E-state index contributed by atoms with van der Waals surface area (Å²) >= 11 is 0. The lowest BCUT2D eigenvalue weighted by Gasteiger charge is -2.28. The van der Waals surface area contributed by atoms with Crippen molar-refractivity contribution in [2.45, 2.75) is 32.8 Å². The van der Waals surface area contributed by atoms with Gasteiger partial charge in [-0.25, -0.2) is 4.98 Å². The lowest BCUT2D eigenvalue weighted by Crippen LogP contribution is -2.39. The largest absolute Gasteiger partial charge is 0.484 e. The maximum Gasteiger partial charge on any atom is 0.146 e. The fourth-order valence-electron chi connectivity index (χ4n) is 1.82. The molecule has 0 aliphatic carbocycles. The van der Waals surface area contributed by atoms with E-state index >= 15 is 0 Å². The molecule has 1 aromatic heterocycles. The number of hydrogen-bond acceptors (Lipinski definition) is 3. The van der Waals surface area contributed by atoms with E-state index in [0.717, 1.165) is 28.8 Å². The minimum Gasteiger partial charge on any atom is -0.484 e. The third-order valence-corrected chi connectivity index (χ3v) is 3.36. The quantitative estimate of drug-likeness (QED) is 0.899. The number of nitrogens with two attached hydrogens (primary N) is 1. The number of para-hydroxylation sites is 1. The molecule has 0 saturated carbocycles. The van der Waals surface area contributed by atoms with Gasteiger partial charge in [0, 0.05) is 17.6 Å². The minimum absolute atomic E-state index is 0.334. The second-order valence-electron chi connectivity index (χ2n) is 4.89. The van der Waals surface area contributed by atoms with Crippen LogP contribution in [0.1, 0.15) is 26.0 Å². The number of aryl methyl sites for hydroxylation is 1. The fraction of sp³-hybridized carbons (Fsp3) is 0.400. The van der Waals surface area contributed by atoms with E-state index in [4.69, 9.17) is 10.5 Å². The molecule has 1 unspecified atom stereocenters. The first-order valence-electron chi connectivity index (χ1n) is 6.33. The van der Waals surface area contributed by atoms with E-state index in [1.807, 2.05) is 38.1 Å². The van der Waals surface area contributed by atoms with Crippen LogP contribution in [0.2, 0.25) is 0 Å². The number of rotatable bonds is 4. The number of pyridine rings is 1. The molecule has 3 heteroatoms. The number of ether oxygens (including phenoxy) is 1. The Hall–Kier alpha value is -1.61. The summed E-state index contributed by atoms with van der Waals surface area (Å²) in [6.07, 6.45) is 0.867. The summed E-state index contributed by atoms with van der Waals surface area (Å²) in [5, 5.41) is 1.09. The highest BCUT2D eigenvalue weighted by atomic mass is 16.5. The van der Waals surface area contributed by atoms with Gasteiger partial charge in [0.25, 0.3) is 0 Å². The topological polar surface area (TPSA) is 48.1 Å². The smallest absolute Gasteiger partial charge is 0.146 e. The highest BCUT2D eigenvalue weighted by Gasteiger charge is 2.23. The summed E-state index contributed by atoms with van der Waals surface area (Å²) < 4.78 is 6.08. The van der Waals surface area contributed by atoms with Crippen molar-refractivity contribution in [1.29, 1.82) is 0 Å². The first kappa shape index (κ1) is 12.8. The van der Waals surface area contributed by atoms with Crippen LogP contribution in [-0.2, 0) is 0 Å². The standard InChI is InChI=1S/C15H20N2O/c1-4-15(3,10-16)18-13-7-5-6-12-9-8-11(2)17-14(12)13/h5-9H,4,10,16H2,1-3H3. The predicted molar refractivity (Wildman–Crippen MR) is 74.9 cm³/mol. The summed E-state index contributed by atoms with van der Waals surface area (Å²) in [4.78, 5) is 4.56. The van der Waals surface area contributed by atoms with Gasteiger partial charge < -0.3 is 10.5 Å². The second kappa shape index (κ2) is 4.94. The Balaban J connectivity index is 2.47. The molecule has 2 rings (SSSR count). The Morgan fingerprint density at radius 1 is 1.28 bits per heavy atom.